The van der Waals surface area contributed by atoms with E-state index in [0.717, 1.165) is 42.1 Å². The lowest BCUT2D eigenvalue weighted by molar-refractivity contribution is 0.0696. The van der Waals surface area contributed by atoms with Crippen LogP contribution in [0.15, 0.2) is 36.4 Å². The van der Waals surface area contributed by atoms with Gasteiger partial charge in [-0.15, -0.1) is 0 Å². The fourth-order valence-electron chi connectivity index (χ4n) is 3.33. The van der Waals surface area contributed by atoms with E-state index in [9.17, 15) is 9.59 Å². The highest BCUT2D eigenvalue weighted by molar-refractivity contribution is 7.19. The van der Waals surface area contributed by atoms with Gasteiger partial charge in [-0.05, 0) is 82.4 Å². The van der Waals surface area contributed by atoms with E-state index in [-0.39, 0.29) is 5.91 Å². The van der Waals surface area contributed by atoms with Gasteiger partial charge in [0.2, 0.25) is 0 Å². The largest absolute Gasteiger partial charge is 0.478 e. The number of benzene rings is 1. The molecule has 2 aromatic heterocycles. The second-order valence-electron chi connectivity index (χ2n) is 9.46. The number of thiazole rings is 1. The molecule has 0 unspecified atom stereocenters. The maximum atomic E-state index is 12.2. The molecule has 1 amide bonds. The number of carbonyl (C=O) groups excluding carboxylic acids is 1. The second-order valence-corrected chi connectivity index (χ2v) is 10.4. The summed E-state index contributed by atoms with van der Waals surface area (Å²) in [4.78, 5) is 34.6. The summed E-state index contributed by atoms with van der Waals surface area (Å²) < 4.78 is 0. The number of nitrogens with one attached hydrogen (secondary N) is 1. The van der Waals surface area contributed by atoms with E-state index in [2.05, 4.69) is 42.0 Å². The Morgan fingerprint density at radius 2 is 1.74 bits per heavy atom. The van der Waals surface area contributed by atoms with Crippen LogP contribution < -0.4 is 5.32 Å². The molecule has 1 aromatic carbocycles. The fraction of sp³-hybridized carbons (Fsp3) is 0.481. The van der Waals surface area contributed by atoms with Crippen LogP contribution in [0, 0.1) is 5.92 Å². The zero-order valence-corrected chi connectivity index (χ0v) is 22.3. The monoisotopic (exact) mass is 498 g/mol. The summed E-state index contributed by atoms with van der Waals surface area (Å²) in [7, 11) is 4.06. The molecule has 0 atom stereocenters. The van der Waals surface area contributed by atoms with Crippen molar-refractivity contribution >= 4 is 33.6 Å². The molecule has 8 heteroatoms. The third kappa shape index (κ3) is 10.1. The molecule has 7 nitrogen and oxygen atoms in total. The number of fused-ring (bicyclic) bond motifs is 2. The average Bonchev–Trinajstić information content (AvgIpc) is 3.23. The van der Waals surface area contributed by atoms with Gasteiger partial charge in [0, 0.05) is 12.2 Å². The van der Waals surface area contributed by atoms with Crippen LogP contribution in [0.2, 0.25) is 0 Å². The van der Waals surface area contributed by atoms with Crippen molar-refractivity contribution in [1.82, 2.24) is 20.2 Å². The number of carbonyl (C=O) groups is 2. The number of aromatic nitrogens is 2. The van der Waals surface area contributed by atoms with Crippen molar-refractivity contribution < 1.29 is 14.7 Å². The molecule has 0 saturated carbocycles. The molecule has 1 aliphatic rings. The lowest BCUT2D eigenvalue weighted by Gasteiger charge is -2.13. The second kappa shape index (κ2) is 14.5. The number of nitrogens with zero attached hydrogens (tertiary/aromatic N) is 3. The third-order valence-corrected chi connectivity index (χ3v) is 5.91. The van der Waals surface area contributed by atoms with Crippen molar-refractivity contribution in [2.75, 3.05) is 27.2 Å². The molecule has 2 heterocycles. The summed E-state index contributed by atoms with van der Waals surface area (Å²) in [6.07, 6.45) is 5.51. The van der Waals surface area contributed by atoms with Crippen molar-refractivity contribution in [3.63, 3.8) is 0 Å². The minimum Gasteiger partial charge on any atom is -0.478 e. The molecule has 190 valence electrons. The Morgan fingerprint density at radius 3 is 2.34 bits per heavy atom. The topological polar surface area (TPSA) is 95.4 Å². The Balaban J connectivity index is 0.000000275. The molecule has 0 fully saturated rings. The summed E-state index contributed by atoms with van der Waals surface area (Å²) >= 11 is 1.40. The Labute approximate surface area is 212 Å². The van der Waals surface area contributed by atoms with Crippen LogP contribution in [0.3, 0.4) is 0 Å². The molecule has 1 aliphatic carbocycles. The van der Waals surface area contributed by atoms with Crippen LogP contribution in [-0.2, 0) is 12.8 Å². The van der Waals surface area contributed by atoms with Crippen LogP contribution in [-0.4, -0.2) is 59.0 Å². The standard InChI is InChI=1S/C16H22N4OS.C7H6O2.C4H10/c1-20(2)9-5-8-17-14(21)16-19-13-10-11-6-3-4-7-12(11)18-15(13)22-16;8-7(9)6-4-2-1-3-5-6;1-4(2)3/h10H,3-9H2,1-2H3,(H,17,21);1-5H,(H,8,9);4H,1-3H3. The van der Waals surface area contributed by atoms with Gasteiger partial charge in [-0.2, -0.15) is 0 Å². The van der Waals surface area contributed by atoms with E-state index in [1.54, 1.807) is 30.3 Å². The molecule has 35 heavy (non-hydrogen) atoms. The van der Waals surface area contributed by atoms with Crippen molar-refractivity contribution in [3.8, 4) is 0 Å². The number of amides is 1. The number of rotatable bonds is 6. The van der Waals surface area contributed by atoms with Crippen molar-refractivity contribution in [1.29, 1.82) is 0 Å². The van der Waals surface area contributed by atoms with Crippen LogP contribution in [0.1, 0.15) is 71.5 Å². The molecule has 0 bridgehead atoms. The van der Waals surface area contributed by atoms with Gasteiger partial charge in [-0.3, -0.25) is 4.79 Å². The summed E-state index contributed by atoms with van der Waals surface area (Å²) in [5.74, 6) is -0.129. The number of hydrogen-bond donors (Lipinski definition) is 2. The van der Waals surface area contributed by atoms with Gasteiger partial charge in [0.1, 0.15) is 10.3 Å². The van der Waals surface area contributed by atoms with E-state index in [1.807, 2.05) is 14.1 Å². The van der Waals surface area contributed by atoms with E-state index < -0.39 is 5.97 Å². The lowest BCUT2D eigenvalue weighted by Crippen LogP contribution is -2.26. The first-order chi connectivity index (χ1) is 16.7. The molecular formula is C27H38N4O3S. The molecule has 0 saturated heterocycles. The highest BCUT2D eigenvalue weighted by Crippen LogP contribution is 2.27. The fourth-order valence-corrected chi connectivity index (χ4v) is 4.19. The third-order valence-electron chi connectivity index (χ3n) is 4.94. The first-order valence-electron chi connectivity index (χ1n) is 12.2. The number of hydrogen-bond acceptors (Lipinski definition) is 6. The van der Waals surface area contributed by atoms with Crippen molar-refractivity contribution in [2.24, 2.45) is 5.92 Å². The molecule has 3 aromatic rings. The molecule has 0 radical (unpaired) electrons. The Kier molecular flexibility index (Phi) is 11.8. The van der Waals surface area contributed by atoms with Gasteiger partial charge in [0.15, 0.2) is 5.01 Å². The predicted molar refractivity (Wildman–Crippen MR) is 143 cm³/mol. The van der Waals surface area contributed by atoms with Crippen molar-refractivity contribution in [2.45, 2.75) is 52.9 Å². The first-order valence-corrected chi connectivity index (χ1v) is 13.0. The van der Waals surface area contributed by atoms with Gasteiger partial charge in [0.05, 0.1) is 5.56 Å². The zero-order valence-electron chi connectivity index (χ0n) is 21.5. The quantitative estimate of drug-likeness (QED) is 0.448. The average molecular weight is 499 g/mol. The summed E-state index contributed by atoms with van der Waals surface area (Å²) in [5, 5.41) is 11.8. The van der Waals surface area contributed by atoms with E-state index >= 15 is 0 Å². The maximum Gasteiger partial charge on any atom is 0.335 e. The van der Waals surface area contributed by atoms with Gasteiger partial charge in [-0.25, -0.2) is 14.8 Å². The van der Waals surface area contributed by atoms with E-state index in [0.29, 0.717) is 17.1 Å². The lowest BCUT2D eigenvalue weighted by atomic mass is 9.96. The summed E-state index contributed by atoms with van der Waals surface area (Å²) in [5.41, 5.74) is 3.70. The van der Waals surface area contributed by atoms with E-state index in [1.165, 1.54) is 35.4 Å². The first kappa shape index (κ1) is 28.4. The van der Waals surface area contributed by atoms with Gasteiger partial charge in [0.25, 0.3) is 5.91 Å². The smallest absolute Gasteiger partial charge is 0.335 e. The molecule has 4 rings (SSSR count). The Hall–Kier alpha value is -2.84. The molecule has 0 spiro atoms. The van der Waals surface area contributed by atoms with Crippen LogP contribution in [0.4, 0.5) is 0 Å². The van der Waals surface area contributed by atoms with Crippen LogP contribution in [0.25, 0.3) is 10.3 Å². The van der Waals surface area contributed by atoms with Crippen LogP contribution >= 0.6 is 11.3 Å². The molecule has 2 N–H and O–H groups in total. The van der Waals surface area contributed by atoms with Crippen molar-refractivity contribution in [3.05, 3.63) is 58.2 Å². The molecular weight excluding hydrogens is 460 g/mol. The minimum absolute atomic E-state index is 0.0836. The number of carboxylic acids is 1. The number of aromatic carboxylic acids is 1. The minimum atomic E-state index is -0.879. The van der Waals surface area contributed by atoms with E-state index in [4.69, 9.17) is 10.1 Å². The molecule has 0 aliphatic heterocycles. The van der Waals surface area contributed by atoms with Gasteiger partial charge in [-0.1, -0.05) is 50.3 Å². The zero-order chi connectivity index (χ0) is 25.8. The SMILES string of the molecule is CC(C)C.CN(C)CCCNC(=O)c1nc2cc3c(nc2s1)CCCC3.O=C(O)c1ccccc1. The maximum absolute atomic E-state index is 12.2. The normalized spacial score (nSPS) is 12.3. The van der Waals surface area contributed by atoms with Gasteiger partial charge < -0.3 is 15.3 Å². The number of aryl methyl sites for hydroxylation is 2. The summed E-state index contributed by atoms with van der Waals surface area (Å²) in [6.45, 7) is 8.14. The summed E-state index contributed by atoms with van der Waals surface area (Å²) in [6, 6.07) is 10.4. The predicted octanol–water partition coefficient (Wildman–Crippen LogP) is 5.30. The number of carboxylic acid groups (broad SMARTS) is 1. The Morgan fingerprint density at radius 1 is 1.09 bits per heavy atom. The highest BCUT2D eigenvalue weighted by Gasteiger charge is 2.17. The van der Waals surface area contributed by atoms with Gasteiger partial charge >= 0.3 is 5.97 Å². The van der Waals surface area contributed by atoms with Crippen LogP contribution in [0.5, 0.6) is 0 Å². The Bertz CT molecular complexity index is 1030. The highest BCUT2D eigenvalue weighted by atomic mass is 32.1. The number of pyridine rings is 1.